The molecular weight excluding hydrogens is 254 g/mol. The van der Waals surface area contributed by atoms with Crippen molar-refractivity contribution in [2.45, 2.75) is 50.0 Å². The third kappa shape index (κ3) is 4.27. The first kappa shape index (κ1) is 14.4. The molecule has 0 aliphatic carbocycles. The van der Waals surface area contributed by atoms with Crippen LogP contribution in [0.1, 0.15) is 39.0 Å². The maximum atomic E-state index is 12.3. The maximum Gasteiger partial charge on any atom is 0.223 e. The number of carbonyl (C=O) groups is 1. The van der Waals surface area contributed by atoms with E-state index in [1.54, 1.807) is 11.8 Å². The van der Waals surface area contributed by atoms with Crippen molar-refractivity contribution in [2.24, 2.45) is 0 Å². The van der Waals surface area contributed by atoms with E-state index in [1.807, 2.05) is 18.2 Å². The molecule has 1 fully saturated rings. The molecular formula is C16H23NOS. The quantitative estimate of drug-likeness (QED) is 0.759. The highest BCUT2D eigenvalue weighted by molar-refractivity contribution is 7.99. The Hall–Kier alpha value is -0.960. The second kappa shape index (κ2) is 7.59. The topological polar surface area (TPSA) is 20.3 Å². The molecule has 0 N–H and O–H groups in total. The van der Waals surface area contributed by atoms with Crippen LogP contribution < -0.4 is 0 Å². The van der Waals surface area contributed by atoms with Crippen molar-refractivity contribution in [3.8, 4) is 0 Å². The number of nitrogens with zero attached hydrogens (tertiary/aromatic N) is 1. The van der Waals surface area contributed by atoms with Crippen LogP contribution >= 0.6 is 11.8 Å². The van der Waals surface area contributed by atoms with Crippen molar-refractivity contribution < 1.29 is 4.79 Å². The van der Waals surface area contributed by atoms with Gasteiger partial charge >= 0.3 is 0 Å². The standard InChI is InChI=1S/C16H23NOS/c1-2-14-8-6-7-12-17(14)16(18)11-13-19-15-9-4-3-5-10-15/h3-5,9-10,14H,2,6-8,11-13H2,1H3. The lowest BCUT2D eigenvalue weighted by Gasteiger charge is -2.35. The molecule has 0 spiro atoms. The lowest BCUT2D eigenvalue weighted by molar-refractivity contribution is -0.134. The fourth-order valence-electron chi connectivity index (χ4n) is 2.67. The number of carbonyl (C=O) groups excluding carboxylic acids is 1. The first-order valence-electron chi connectivity index (χ1n) is 7.28. The number of benzene rings is 1. The molecule has 104 valence electrons. The Labute approximate surface area is 120 Å². The molecule has 1 aromatic carbocycles. The summed E-state index contributed by atoms with van der Waals surface area (Å²) in [6.07, 6.45) is 5.40. The van der Waals surface area contributed by atoms with Gasteiger partial charge in [-0.15, -0.1) is 11.8 Å². The minimum atomic E-state index is 0.343. The molecule has 1 aliphatic heterocycles. The van der Waals surface area contributed by atoms with E-state index < -0.39 is 0 Å². The Bertz CT molecular complexity index is 393. The highest BCUT2D eigenvalue weighted by atomic mass is 32.2. The Morgan fingerprint density at radius 1 is 1.32 bits per heavy atom. The van der Waals surface area contributed by atoms with E-state index in [-0.39, 0.29) is 0 Å². The number of piperidine rings is 1. The third-order valence-corrected chi connectivity index (χ3v) is 4.76. The summed E-state index contributed by atoms with van der Waals surface area (Å²) in [6, 6.07) is 10.8. The van der Waals surface area contributed by atoms with Crippen LogP contribution in [-0.4, -0.2) is 29.1 Å². The fraction of sp³-hybridized carbons (Fsp3) is 0.562. The fourth-order valence-corrected chi connectivity index (χ4v) is 3.53. The second-order valence-corrected chi connectivity index (χ2v) is 6.22. The average molecular weight is 277 g/mol. The van der Waals surface area contributed by atoms with E-state index in [0.29, 0.717) is 18.4 Å². The van der Waals surface area contributed by atoms with E-state index in [4.69, 9.17) is 0 Å². The van der Waals surface area contributed by atoms with E-state index in [9.17, 15) is 4.79 Å². The summed E-state index contributed by atoms with van der Waals surface area (Å²) in [7, 11) is 0. The minimum Gasteiger partial charge on any atom is -0.340 e. The van der Waals surface area contributed by atoms with Crippen LogP contribution in [0.5, 0.6) is 0 Å². The summed E-state index contributed by atoms with van der Waals surface area (Å²) in [5, 5.41) is 0. The molecule has 0 bridgehead atoms. The monoisotopic (exact) mass is 277 g/mol. The van der Waals surface area contributed by atoms with Gasteiger partial charge in [0.15, 0.2) is 0 Å². The summed E-state index contributed by atoms with van der Waals surface area (Å²) in [5.41, 5.74) is 0. The number of amides is 1. The van der Waals surface area contributed by atoms with E-state index >= 15 is 0 Å². The van der Waals surface area contributed by atoms with E-state index in [2.05, 4.69) is 24.0 Å². The Morgan fingerprint density at radius 2 is 2.11 bits per heavy atom. The van der Waals surface area contributed by atoms with Gasteiger partial charge in [0, 0.05) is 29.7 Å². The highest BCUT2D eigenvalue weighted by Crippen LogP contribution is 2.22. The van der Waals surface area contributed by atoms with Crippen molar-refractivity contribution in [1.29, 1.82) is 0 Å². The average Bonchev–Trinajstić information content (AvgIpc) is 2.48. The molecule has 2 nitrogen and oxygen atoms in total. The Morgan fingerprint density at radius 3 is 2.84 bits per heavy atom. The van der Waals surface area contributed by atoms with Gasteiger partial charge in [-0.2, -0.15) is 0 Å². The van der Waals surface area contributed by atoms with Gasteiger partial charge in [0.1, 0.15) is 0 Å². The molecule has 1 aromatic rings. The highest BCUT2D eigenvalue weighted by Gasteiger charge is 2.24. The number of likely N-dealkylation sites (tertiary alicyclic amines) is 1. The summed E-state index contributed by atoms with van der Waals surface area (Å²) >= 11 is 1.77. The second-order valence-electron chi connectivity index (χ2n) is 5.06. The van der Waals surface area contributed by atoms with Crippen LogP contribution in [0.4, 0.5) is 0 Å². The summed E-state index contributed by atoms with van der Waals surface area (Å²) < 4.78 is 0. The van der Waals surface area contributed by atoms with E-state index in [0.717, 1.165) is 18.7 Å². The predicted octanol–water partition coefficient (Wildman–Crippen LogP) is 3.96. The molecule has 0 aromatic heterocycles. The summed E-state index contributed by atoms with van der Waals surface area (Å²) in [4.78, 5) is 15.6. The van der Waals surface area contributed by atoms with Crippen molar-refractivity contribution in [1.82, 2.24) is 4.90 Å². The molecule has 1 unspecified atom stereocenters. The molecule has 1 aliphatic rings. The number of rotatable bonds is 5. The van der Waals surface area contributed by atoms with Crippen LogP contribution in [0.3, 0.4) is 0 Å². The molecule has 0 radical (unpaired) electrons. The van der Waals surface area contributed by atoms with Crippen LogP contribution in [0, 0.1) is 0 Å². The van der Waals surface area contributed by atoms with Gasteiger partial charge in [-0.1, -0.05) is 25.1 Å². The molecule has 3 heteroatoms. The van der Waals surface area contributed by atoms with Gasteiger partial charge in [-0.3, -0.25) is 4.79 Å². The van der Waals surface area contributed by atoms with Gasteiger partial charge in [0.25, 0.3) is 0 Å². The maximum absolute atomic E-state index is 12.3. The van der Waals surface area contributed by atoms with Crippen molar-refractivity contribution in [2.75, 3.05) is 12.3 Å². The number of hydrogen-bond donors (Lipinski definition) is 0. The summed E-state index contributed by atoms with van der Waals surface area (Å²) in [5.74, 6) is 1.23. The third-order valence-electron chi connectivity index (χ3n) is 3.75. The molecule has 1 atom stereocenters. The Balaban J connectivity index is 1.77. The number of thioether (sulfide) groups is 1. The predicted molar refractivity (Wildman–Crippen MR) is 81.4 cm³/mol. The molecule has 1 amide bonds. The molecule has 2 rings (SSSR count). The van der Waals surface area contributed by atoms with Crippen molar-refractivity contribution in [3.05, 3.63) is 30.3 Å². The lowest BCUT2D eigenvalue weighted by atomic mass is 10.00. The van der Waals surface area contributed by atoms with Crippen LogP contribution in [0.15, 0.2) is 35.2 Å². The van der Waals surface area contributed by atoms with Gasteiger partial charge in [-0.05, 0) is 37.8 Å². The molecule has 0 saturated carbocycles. The normalized spacial score (nSPS) is 19.4. The molecule has 1 heterocycles. The van der Waals surface area contributed by atoms with Gasteiger partial charge in [0.2, 0.25) is 5.91 Å². The zero-order valence-corrected chi connectivity index (χ0v) is 12.5. The van der Waals surface area contributed by atoms with Crippen LogP contribution in [-0.2, 0) is 4.79 Å². The first-order valence-corrected chi connectivity index (χ1v) is 8.27. The zero-order valence-electron chi connectivity index (χ0n) is 11.7. The zero-order chi connectivity index (χ0) is 13.5. The largest absolute Gasteiger partial charge is 0.340 e. The van der Waals surface area contributed by atoms with Crippen molar-refractivity contribution in [3.63, 3.8) is 0 Å². The van der Waals surface area contributed by atoms with Gasteiger partial charge < -0.3 is 4.90 Å². The molecule has 19 heavy (non-hydrogen) atoms. The lowest BCUT2D eigenvalue weighted by Crippen LogP contribution is -2.43. The SMILES string of the molecule is CCC1CCCCN1C(=O)CCSc1ccccc1. The minimum absolute atomic E-state index is 0.343. The van der Waals surface area contributed by atoms with Gasteiger partial charge in [-0.25, -0.2) is 0 Å². The summed E-state index contributed by atoms with van der Waals surface area (Å²) in [6.45, 7) is 3.16. The first-order chi connectivity index (χ1) is 9.31. The van der Waals surface area contributed by atoms with Gasteiger partial charge in [0.05, 0.1) is 0 Å². The Kier molecular flexibility index (Phi) is 5.77. The van der Waals surface area contributed by atoms with E-state index in [1.165, 1.54) is 24.2 Å². The van der Waals surface area contributed by atoms with Crippen LogP contribution in [0.2, 0.25) is 0 Å². The molecule has 1 saturated heterocycles. The van der Waals surface area contributed by atoms with Crippen molar-refractivity contribution >= 4 is 17.7 Å². The van der Waals surface area contributed by atoms with Crippen LogP contribution in [0.25, 0.3) is 0 Å². The number of hydrogen-bond acceptors (Lipinski definition) is 2. The smallest absolute Gasteiger partial charge is 0.223 e.